The highest BCUT2D eigenvalue weighted by Crippen LogP contribution is 2.31. The van der Waals surface area contributed by atoms with Crippen LogP contribution < -0.4 is 5.32 Å². The summed E-state index contributed by atoms with van der Waals surface area (Å²) < 4.78 is 0.791. The van der Waals surface area contributed by atoms with Gasteiger partial charge in [-0.2, -0.15) is 0 Å². The Morgan fingerprint density at radius 2 is 2.30 bits per heavy atom. The van der Waals surface area contributed by atoms with Crippen LogP contribution in [-0.4, -0.2) is 23.2 Å². The van der Waals surface area contributed by atoms with Crippen LogP contribution in [0.4, 0.5) is 0 Å². The van der Waals surface area contributed by atoms with Gasteiger partial charge in [-0.3, -0.25) is 4.79 Å². The molecule has 0 bridgehead atoms. The number of benzene rings is 1. The molecule has 2 rings (SSSR count). The molecule has 1 fully saturated rings. The number of aryl methyl sites for hydroxylation is 1. The number of hydrogen-bond acceptors (Lipinski definition) is 2. The summed E-state index contributed by atoms with van der Waals surface area (Å²) in [5.74, 6) is 0.389. The highest BCUT2D eigenvalue weighted by molar-refractivity contribution is 9.10. The van der Waals surface area contributed by atoms with E-state index >= 15 is 0 Å². The van der Waals surface area contributed by atoms with Crippen molar-refractivity contribution >= 4 is 21.8 Å². The summed E-state index contributed by atoms with van der Waals surface area (Å²) in [6, 6.07) is 5.64. The summed E-state index contributed by atoms with van der Waals surface area (Å²) in [6.45, 7) is 4.47. The zero-order valence-corrected chi connectivity index (χ0v) is 13.7. The topological polar surface area (TPSA) is 49.3 Å². The Morgan fingerprint density at radius 3 is 2.95 bits per heavy atom. The van der Waals surface area contributed by atoms with E-state index in [4.69, 9.17) is 0 Å². The number of carbonyl (C=O) groups is 1. The Morgan fingerprint density at radius 1 is 1.55 bits per heavy atom. The minimum Gasteiger partial charge on any atom is -0.388 e. The smallest absolute Gasteiger partial charge is 0.252 e. The minimum atomic E-state index is -0.746. The maximum absolute atomic E-state index is 12.2. The number of rotatable bonds is 3. The van der Waals surface area contributed by atoms with Crippen LogP contribution in [0.25, 0.3) is 0 Å². The van der Waals surface area contributed by atoms with E-state index in [1.165, 1.54) is 6.42 Å². The molecule has 1 aromatic rings. The van der Waals surface area contributed by atoms with Gasteiger partial charge in [0.05, 0.1) is 11.2 Å². The number of aliphatic hydroxyl groups is 1. The summed E-state index contributed by atoms with van der Waals surface area (Å²) in [5, 5.41) is 13.4. The van der Waals surface area contributed by atoms with Crippen LogP contribution in [0.1, 0.15) is 48.5 Å². The molecule has 0 heterocycles. The van der Waals surface area contributed by atoms with Crippen molar-refractivity contribution in [2.75, 3.05) is 6.54 Å². The molecule has 4 heteroatoms. The summed E-state index contributed by atoms with van der Waals surface area (Å²) in [7, 11) is 0. The third kappa shape index (κ3) is 3.83. The molecule has 3 nitrogen and oxygen atoms in total. The van der Waals surface area contributed by atoms with Crippen molar-refractivity contribution in [3.05, 3.63) is 33.8 Å². The quantitative estimate of drug-likeness (QED) is 0.886. The number of hydrogen-bond donors (Lipinski definition) is 2. The van der Waals surface area contributed by atoms with Gasteiger partial charge in [-0.1, -0.05) is 25.8 Å². The number of carbonyl (C=O) groups excluding carboxylic acids is 1. The first-order chi connectivity index (χ1) is 9.39. The van der Waals surface area contributed by atoms with Crippen molar-refractivity contribution in [3.8, 4) is 0 Å². The Balaban J connectivity index is 1.98. The third-order valence-corrected chi connectivity index (χ3v) is 4.67. The van der Waals surface area contributed by atoms with Crippen molar-refractivity contribution in [1.29, 1.82) is 0 Å². The normalized spacial score (nSPS) is 26.3. The average Bonchev–Trinajstić information content (AvgIpc) is 2.36. The molecule has 1 aromatic carbocycles. The second-order valence-electron chi connectivity index (χ2n) is 6.09. The molecule has 0 aromatic heterocycles. The monoisotopic (exact) mass is 339 g/mol. The highest BCUT2D eigenvalue weighted by Gasteiger charge is 2.33. The lowest BCUT2D eigenvalue weighted by molar-refractivity contribution is -0.0109. The molecule has 0 aliphatic heterocycles. The van der Waals surface area contributed by atoms with Gasteiger partial charge in [-0.25, -0.2) is 0 Å². The second-order valence-corrected chi connectivity index (χ2v) is 6.95. The lowest BCUT2D eigenvalue weighted by Crippen LogP contribution is -2.45. The molecule has 20 heavy (non-hydrogen) atoms. The fraction of sp³-hybridized carbons (Fsp3) is 0.562. The first-order valence-electron chi connectivity index (χ1n) is 7.16. The van der Waals surface area contributed by atoms with Gasteiger partial charge in [-0.05, 0) is 59.3 Å². The lowest BCUT2D eigenvalue weighted by atomic mass is 9.79. The van der Waals surface area contributed by atoms with Crippen LogP contribution in [0.15, 0.2) is 22.7 Å². The molecule has 110 valence electrons. The van der Waals surface area contributed by atoms with Crippen LogP contribution in [0.5, 0.6) is 0 Å². The van der Waals surface area contributed by atoms with Gasteiger partial charge >= 0.3 is 0 Å². The SMILES string of the molecule is Cc1ccc(C(=O)NCC2(O)CCCC(C)C2)c(Br)c1. The van der Waals surface area contributed by atoms with E-state index in [1.54, 1.807) is 0 Å². The van der Waals surface area contributed by atoms with E-state index in [1.807, 2.05) is 25.1 Å². The second kappa shape index (κ2) is 6.27. The number of halogens is 1. The molecule has 1 aliphatic carbocycles. The van der Waals surface area contributed by atoms with Crippen molar-refractivity contribution < 1.29 is 9.90 Å². The predicted octanol–water partition coefficient (Wildman–Crippen LogP) is 3.43. The summed E-state index contributed by atoms with van der Waals surface area (Å²) in [4.78, 5) is 12.2. The molecule has 1 aliphatic rings. The Kier molecular flexibility index (Phi) is 4.86. The summed E-state index contributed by atoms with van der Waals surface area (Å²) >= 11 is 3.41. The Bertz CT molecular complexity index is 503. The van der Waals surface area contributed by atoms with Crippen molar-refractivity contribution in [2.45, 2.75) is 45.1 Å². The van der Waals surface area contributed by atoms with Gasteiger partial charge in [-0.15, -0.1) is 0 Å². The molecule has 0 radical (unpaired) electrons. The molecular formula is C16H22BrNO2. The van der Waals surface area contributed by atoms with Crippen molar-refractivity contribution in [3.63, 3.8) is 0 Å². The maximum atomic E-state index is 12.2. The molecule has 2 unspecified atom stereocenters. The van der Waals surface area contributed by atoms with E-state index in [2.05, 4.69) is 28.2 Å². The van der Waals surface area contributed by atoms with Gasteiger partial charge in [0.2, 0.25) is 0 Å². The maximum Gasteiger partial charge on any atom is 0.252 e. The molecule has 2 N–H and O–H groups in total. The molecule has 0 spiro atoms. The van der Waals surface area contributed by atoms with Gasteiger partial charge in [0.1, 0.15) is 0 Å². The van der Waals surface area contributed by atoms with E-state index in [-0.39, 0.29) is 5.91 Å². The molecule has 2 atom stereocenters. The Labute approximate surface area is 128 Å². The van der Waals surface area contributed by atoms with E-state index in [9.17, 15) is 9.90 Å². The van der Waals surface area contributed by atoms with Crippen LogP contribution in [0.2, 0.25) is 0 Å². The van der Waals surface area contributed by atoms with Crippen LogP contribution >= 0.6 is 15.9 Å². The zero-order valence-electron chi connectivity index (χ0n) is 12.1. The van der Waals surface area contributed by atoms with Gasteiger partial charge < -0.3 is 10.4 Å². The Hall–Kier alpha value is -0.870. The van der Waals surface area contributed by atoms with E-state index in [0.717, 1.165) is 29.3 Å². The van der Waals surface area contributed by atoms with E-state index in [0.29, 0.717) is 18.0 Å². The summed E-state index contributed by atoms with van der Waals surface area (Å²) in [5.41, 5.74) is 0.973. The molecular weight excluding hydrogens is 318 g/mol. The van der Waals surface area contributed by atoms with Gasteiger partial charge in [0, 0.05) is 11.0 Å². The molecule has 1 saturated carbocycles. The summed E-state index contributed by atoms with van der Waals surface area (Å²) in [6.07, 6.45) is 3.73. The van der Waals surface area contributed by atoms with E-state index < -0.39 is 5.60 Å². The van der Waals surface area contributed by atoms with Crippen molar-refractivity contribution in [1.82, 2.24) is 5.32 Å². The number of amides is 1. The fourth-order valence-electron chi connectivity index (χ4n) is 2.94. The first kappa shape index (κ1) is 15.5. The zero-order chi connectivity index (χ0) is 14.8. The molecule has 1 amide bonds. The third-order valence-electron chi connectivity index (χ3n) is 4.01. The minimum absolute atomic E-state index is 0.136. The predicted molar refractivity (Wildman–Crippen MR) is 83.8 cm³/mol. The van der Waals surface area contributed by atoms with Crippen LogP contribution in [0, 0.1) is 12.8 Å². The number of nitrogens with one attached hydrogen (secondary N) is 1. The van der Waals surface area contributed by atoms with Gasteiger partial charge in [0.15, 0.2) is 0 Å². The largest absolute Gasteiger partial charge is 0.388 e. The molecule has 0 saturated heterocycles. The van der Waals surface area contributed by atoms with Crippen LogP contribution in [-0.2, 0) is 0 Å². The first-order valence-corrected chi connectivity index (χ1v) is 7.96. The van der Waals surface area contributed by atoms with Crippen LogP contribution in [0.3, 0.4) is 0 Å². The van der Waals surface area contributed by atoms with Gasteiger partial charge in [0.25, 0.3) is 5.91 Å². The lowest BCUT2D eigenvalue weighted by Gasteiger charge is -2.35. The average molecular weight is 340 g/mol. The van der Waals surface area contributed by atoms with Crippen molar-refractivity contribution in [2.24, 2.45) is 5.92 Å². The highest BCUT2D eigenvalue weighted by atomic mass is 79.9. The standard InChI is InChI=1S/C16H22BrNO2/c1-11-5-6-13(14(17)8-11)15(19)18-10-16(20)7-3-4-12(2)9-16/h5-6,8,12,20H,3-4,7,9-10H2,1-2H3,(H,18,19). The fourth-order valence-corrected chi connectivity index (χ4v) is 3.61.